The van der Waals surface area contributed by atoms with Crippen LogP contribution in [-0.4, -0.2) is 12.6 Å². The van der Waals surface area contributed by atoms with Crippen molar-refractivity contribution in [3.8, 4) is 0 Å². The Hall–Kier alpha value is -0.0400. The normalized spacial score (nSPS) is 31.7. The maximum Gasteiger partial charge on any atom is 0.00673 e. The van der Waals surface area contributed by atoms with Crippen molar-refractivity contribution in [3.63, 3.8) is 0 Å². The fraction of sp³-hybridized carbons (Fsp3) is 1.00. The zero-order valence-corrected chi connectivity index (χ0v) is 11.4. The lowest BCUT2D eigenvalue weighted by molar-refractivity contribution is 0.137. The molecule has 2 saturated carbocycles. The van der Waals surface area contributed by atoms with Gasteiger partial charge in [-0.1, -0.05) is 27.2 Å². The highest BCUT2D eigenvalue weighted by Gasteiger charge is 2.32. The molecular formula is C15H29N. The van der Waals surface area contributed by atoms with E-state index in [9.17, 15) is 0 Å². The molecule has 2 aliphatic carbocycles. The lowest BCUT2D eigenvalue weighted by atomic mass is 9.69. The van der Waals surface area contributed by atoms with Crippen molar-refractivity contribution >= 4 is 0 Å². The van der Waals surface area contributed by atoms with Crippen LogP contribution >= 0.6 is 0 Å². The second kappa shape index (κ2) is 5.08. The van der Waals surface area contributed by atoms with E-state index in [0.29, 0.717) is 5.41 Å². The maximum atomic E-state index is 3.77. The van der Waals surface area contributed by atoms with Crippen LogP contribution in [0.2, 0.25) is 0 Å². The van der Waals surface area contributed by atoms with E-state index in [-0.39, 0.29) is 0 Å². The first-order valence-corrected chi connectivity index (χ1v) is 7.35. The summed E-state index contributed by atoms with van der Waals surface area (Å²) in [6, 6.07) is 0.838. The fourth-order valence-corrected chi connectivity index (χ4v) is 3.02. The maximum absolute atomic E-state index is 3.77. The smallest absolute Gasteiger partial charge is 0.00673 e. The highest BCUT2D eigenvalue weighted by atomic mass is 14.9. The molecule has 1 nitrogen and oxygen atoms in total. The minimum atomic E-state index is 0.571. The Bertz CT molecular complexity index is 209. The summed E-state index contributed by atoms with van der Waals surface area (Å²) in [5, 5.41) is 3.77. The molecule has 0 saturated heterocycles. The molecule has 1 heteroatoms. The van der Waals surface area contributed by atoms with Crippen molar-refractivity contribution in [1.29, 1.82) is 0 Å². The van der Waals surface area contributed by atoms with Gasteiger partial charge in [0.1, 0.15) is 0 Å². The van der Waals surface area contributed by atoms with E-state index >= 15 is 0 Å². The van der Waals surface area contributed by atoms with E-state index in [4.69, 9.17) is 0 Å². The zero-order chi connectivity index (χ0) is 11.6. The summed E-state index contributed by atoms with van der Waals surface area (Å²) in [5.74, 6) is 2.00. The number of rotatable bonds is 5. The Morgan fingerprint density at radius 1 is 1.00 bits per heavy atom. The molecule has 16 heavy (non-hydrogen) atoms. The third kappa shape index (κ3) is 3.23. The third-order valence-electron chi connectivity index (χ3n) is 5.14. The summed E-state index contributed by atoms with van der Waals surface area (Å²) < 4.78 is 0. The third-order valence-corrected chi connectivity index (χ3v) is 5.14. The summed E-state index contributed by atoms with van der Waals surface area (Å²) in [6.07, 6.45) is 10.0. The lowest BCUT2D eigenvalue weighted by Gasteiger charge is -2.39. The lowest BCUT2D eigenvalue weighted by Crippen LogP contribution is -2.37. The average molecular weight is 223 g/mol. The standard InChI is InChI=1S/C15H29N/c1-4-15(2,3)13-7-9-14(10-8-13)16-11-12-5-6-12/h12-14,16H,4-11H2,1-3H3. The number of hydrogen-bond acceptors (Lipinski definition) is 1. The van der Waals surface area contributed by atoms with Gasteiger partial charge in [-0.15, -0.1) is 0 Å². The van der Waals surface area contributed by atoms with Gasteiger partial charge in [-0.3, -0.25) is 0 Å². The summed E-state index contributed by atoms with van der Waals surface area (Å²) in [5.41, 5.74) is 0.571. The van der Waals surface area contributed by atoms with Gasteiger partial charge in [0.15, 0.2) is 0 Å². The van der Waals surface area contributed by atoms with Gasteiger partial charge < -0.3 is 5.32 Å². The quantitative estimate of drug-likeness (QED) is 0.743. The molecule has 2 rings (SSSR count). The van der Waals surface area contributed by atoms with Gasteiger partial charge in [0, 0.05) is 6.04 Å². The van der Waals surface area contributed by atoms with Crippen molar-refractivity contribution < 1.29 is 0 Å². The van der Waals surface area contributed by atoms with Crippen molar-refractivity contribution in [3.05, 3.63) is 0 Å². The Kier molecular flexibility index (Phi) is 3.94. The van der Waals surface area contributed by atoms with Crippen LogP contribution < -0.4 is 5.32 Å². The molecule has 0 amide bonds. The topological polar surface area (TPSA) is 12.0 Å². The summed E-state index contributed by atoms with van der Waals surface area (Å²) in [4.78, 5) is 0. The van der Waals surface area contributed by atoms with Crippen LogP contribution in [0, 0.1) is 17.3 Å². The van der Waals surface area contributed by atoms with Crippen LogP contribution in [0.15, 0.2) is 0 Å². The van der Waals surface area contributed by atoms with Gasteiger partial charge in [-0.05, 0) is 62.3 Å². The second-order valence-corrected chi connectivity index (χ2v) is 6.74. The van der Waals surface area contributed by atoms with E-state index in [1.807, 2.05) is 0 Å². The SMILES string of the molecule is CCC(C)(C)C1CCC(NCC2CC2)CC1. The van der Waals surface area contributed by atoms with E-state index in [0.717, 1.165) is 17.9 Å². The molecule has 0 spiro atoms. The highest BCUT2D eigenvalue weighted by Crippen LogP contribution is 2.40. The molecule has 0 atom stereocenters. The molecule has 2 fully saturated rings. The van der Waals surface area contributed by atoms with Crippen LogP contribution in [-0.2, 0) is 0 Å². The first-order valence-electron chi connectivity index (χ1n) is 7.35. The number of nitrogens with one attached hydrogen (secondary N) is 1. The molecular weight excluding hydrogens is 194 g/mol. The Morgan fingerprint density at radius 3 is 2.12 bits per heavy atom. The largest absolute Gasteiger partial charge is 0.314 e. The van der Waals surface area contributed by atoms with Crippen molar-refractivity contribution in [2.24, 2.45) is 17.3 Å². The van der Waals surface area contributed by atoms with Gasteiger partial charge in [0.2, 0.25) is 0 Å². The van der Waals surface area contributed by atoms with E-state index in [2.05, 4.69) is 26.1 Å². The van der Waals surface area contributed by atoms with Crippen molar-refractivity contribution in [2.75, 3.05) is 6.54 Å². The van der Waals surface area contributed by atoms with Crippen LogP contribution in [0.4, 0.5) is 0 Å². The molecule has 94 valence electrons. The molecule has 0 heterocycles. The Morgan fingerprint density at radius 2 is 1.62 bits per heavy atom. The van der Waals surface area contributed by atoms with E-state index in [1.54, 1.807) is 0 Å². The average Bonchev–Trinajstić information content (AvgIpc) is 3.11. The first-order chi connectivity index (χ1) is 7.62. The van der Waals surface area contributed by atoms with E-state index in [1.165, 1.54) is 51.5 Å². The molecule has 0 aromatic carbocycles. The van der Waals surface area contributed by atoms with Gasteiger partial charge in [0.25, 0.3) is 0 Å². The van der Waals surface area contributed by atoms with Crippen LogP contribution in [0.25, 0.3) is 0 Å². The predicted molar refractivity (Wildman–Crippen MR) is 70.5 cm³/mol. The molecule has 0 aromatic rings. The van der Waals surface area contributed by atoms with Gasteiger partial charge in [-0.25, -0.2) is 0 Å². The first kappa shape index (κ1) is 12.4. The minimum Gasteiger partial charge on any atom is -0.314 e. The van der Waals surface area contributed by atoms with Crippen LogP contribution in [0.5, 0.6) is 0 Å². The van der Waals surface area contributed by atoms with Crippen molar-refractivity contribution in [1.82, 2.24) is 5.32 Å². The fourth-order valence-electron chi connectivity index (χ4n) is 3.02. The van der Waals surface area contributed by atoms with Crippen LogP contribution in [0.3, 0.4) is 0 Å². The predicted octanol–water partition coefficient (Wildman–Crippen LogP) is 3.98. The molecule has 0 aliphatic heterocycles. The monoisotopic (exact) mass is 223 g/mol. The van der Waals surface area contributed by atoms with Gasteiger partial charge in [-0.2, -0.15) is 0 Å². The molecule has 0 unspecified atom stereocenters. The zero-order valence-electron chi connectivity index (χ0n) is 11.4. The summed E-state index contributed by atoms with van der Waals surface area (Å²) in [7, 11) is 0. The molecule has 0 radical (unpaired) electrons. The minimum absolute atomic E-state index is 0.571. The van der Waals surface area contributed by atoms with Crippen molar-refractivity contribution in [2.45, 2.75) is 71.8 Å². The Labute approximate surface area is 101 Å². The summed E-state index contributed by atoms with van der Waals surface area (Å²) in [6.45, 7) is 8.55. The molecule has 1 N–H and O–H groups in total. The highest BCUT2D eigenvalue weighted by molar-refractivity contribution is 4.86. The van der Waals surface area contributed by atoms with Gasteiger partial charge >= 0.3 is 0 Å². The van der Waals surface area contributed by atoms with Gasteiger partial charge in [0.05, 0.1) is 0 Å². The number of hydrogen-bond donors (Lipinski definition) is 1. The second-order valence-electron chi connectivity index (χ2n) is 6.74. The van der Waals surface area contributed by atoms with E-state index < -0.39 is 0 Å². The molecule has 0 aromatic heterocycles. The summed E-state index contributed by atoms with van der Waals surface area (Å²) >= 11 is 0. The Balaban J connectivity index is 1.69. The molecule has 2 aliphatic rings. The molecule has 0 bridgehead atoms. The van der Waals surface area contributed by atoms with Crippen LogP contribution in [0.1, 0.15) is 65.7 Å².